The van der Waals surface area contributed by atoms with Crippen molar-refractivity contribution in [2.24, 2.45) is 0 Å². The van der Waals surface area contributed by atoms with Crippen molar-refractivity contribution in [3.05, 3.63) is 82.0 Å². The van der Waals surface area contributed by atoms with Gasteiger partial charge in [-0.1, -0.05) is 40.2 Å². The van der Waals surface area contributed by atoms with Crippen molar-refractivity contribution in [2.75, 3.05) is 5.32 Å². The SMILES string of the molecule is N#Cc1ccc(CCC(=O)Nc2ccnn2Cc2ccc(Br)cc2)cc1. The fraction of sp³-hybridized carbons (Fsp3) is 0.150. The van der Waals surface area contributed by atoms with Crippen LogP contribution in [0.4, 0.5) is 5.82 Å². The molecule has 0 aliphatic heterocycles. The van der Waals surface area contributed by atoms with E-state index in [2.05, 4.69) is 32.4 Å². The molecule has 0 saturated carbocycles. The lowest BCUT2D eigenvalue weighted by Crippen LogP contribution is -2.16. The van der Waals surface area contributed by atoms with Gasteiger partial charge in [0.15, 0.2) is 0 Å². The maximum absolute atomic E-state index is 12.2. The van der Waals surface area contributed by atoms with E-state index in [-0.39, 0.29) is 5.91 Å². The van der Waals surface area contributed by atoms with Crippen molar-refractivity contribution < 1.29 is 4.79 Å². The van der Waals surface area contributed by atoms with Gasteiger partial charge in [0.05, 0.1) is 24.4 Å². The van der Waals surface area contributed by atoms with E-state index in [4.69, 9.17) is 5.26 Å². The number of halogens is 1. The minimum absolute atomic E-state index is 0.0630. The van der Waals surface area contributed by atoms with Gasteiger partial charge in [-0.3, -0.25) is 4.79 Å². The molecule has 1 heterocycles. The summed E-state index contributed by atoms with van der Waals surface area (Å²) in [6, 6.07) is 19.2. The molecule has 0 saturated heterocycles. The molecule has 0 fully saturated rings. The molecule has 1 N–H and O–H groups in total. The molecule has 3 aromatic rings. The third-order valence-corrected chi connectivity index (χ3v) is 4.48. The predicted molar refractivity (Wildman–Crippen MR) is 104 cm³/mol. The Kier molecular flexibility index (Phi) is 5.82. The highest BCUT2D eigenvalue weighted by atomic mass is 79.9. The number of nitrogens with zero attached hydrogens (tertiary/aromatic N) is 3. The van der Waals surface area contributed by atoms with Crippen molar-refractivity contribution in [1.82, 2.24) is 9.78 Å². The first-order valence-electron chi connectivity index (χ1n) is 8.19. The maximum Gasteiger partial charge on any atom is 0.225 e. The fourth-order valence-electron chi connectivity index (χ4n) is 2.54. The standard InChI is InChI=1S/C20H17BrN4O/c21-18-8-5-17(6-9-18)14-25-19(11-12-23-25)24-20(26)10-7-15-1-3-16(13-22)4-2-15/h1-6,8-9,11-12H,7,10,14H2,(H,24,26). The lowest BCUT2D eigenvalue weighted by Gasteiger charge is -2.09. The minimum atomic E-state index is -0.0630. The second-order valence-electron chi connectivity index (χ2n) is 5.86. The molecule has 5 nitrogen and oxygen atoms in total. The average Bonchev–Trinajstić information content (AvgIpc) is 3.09. The lowest BCUT2D eigenvalue weighted by molar-refractivity contribution is -0.116. The number of carbonyl (C=O) groups is 1. The third kappa shape index (κ3) is 4.80. The van der Waals surface area contributed by atoms with E-state index in [0.717, 1.165) is 15.6 Å². The number of carbonyl (C=O) groups excluding carboxylic acids is 1. The molecule has 6 heteroatoms. The van der Waals surface area contributed by atoms with E-state index >= 15 is 0 Å². The number of benzene rings is 2. The van der Waals surface area contributed by atoms with Gasteiger partial charge in [0.25, 0.3) is 0 Å². The number of rotatable bonds is 6. The summed E-state index contributed by atoms with van der Waals surface area (Å²) in [5.41, 5.74) is 2.75. The molecule has 0 radical (unpaired) electrons. The normalized spacial score (nSPS) is 10.3. The summed E-state index contributed by atoms with van der Waals surface area (Å²) in [7, 11) is 0. The summed E-state index contributed by atoms with van der Waals surface area (Å²) in [4.78, 5) is 12.2. The monoisotopic (exact) mass is 408 g/mol. The molecule has 0 aliphatic rings. The Morgan fingerprint density at radius 3 is 2.46 bits per heavy atom. The zero-order valence-electron chi connectivity index (χ0n) is 14.0. The summed E-state index contributed by atoms with van der Waals surface area (Å²) >= 11 is 3.42. The second-order valence-corrected chi connectivity index (χ2v) is 6.77. The van der Waals surface area contributed by atoms with Crippen LogP contribution in [0, 0.1) is 11.3 Å². The van der Waals surface area contributed by atoms with Crippen LogP contribution in [-0.2, 0) is 17.8 Å². The Balaban J connectivity index is 1.57. The van der Waals surface area contributed by atoms with Crippen molar-refractivity contribution in [1.29, 1.82) is 5.26 Å². The average molecular weight is 409 g/mol. The van der Waals surface area contributed by atoms with Crippen molar-refractivity contribution in [2.45, 2.75) is 19.4 Å². The number of anilines is 1. The molecule has 130 valence electrons. The zero-order valence-corrected chi connectivity index (χ0v) is 15.6. The number of hydrogen-bond donors (Lipinski definition) is 1. The van der Waals surface area contributed by atoms with E-state index in [1.165, 1.54) is 0 Å². The Morgan fingerprint density at radius 2 is 1.77 bits per heavy atom. The van der Waals surface area contributed by atoms with Gasteiger partial charge in [0.1, 0.15) is 5.82 Å². The molecular formula is C20H17BrN4O. The fourth-order valence-corrected chi connectivity index (χ4v) is 2.80. The van der Waals surface area contributed by atoms with Gasteiger partial charge in [-0.25, -0.2) is 4.68 Å². The molecule has 0 aliphatic carbocycles. The van der Waals surface area contributed by atoms with Gasteiger partial charge in [-0.2, -0.15) is 10.4 Å². The van der Waals surface area contributed by atoms with Crippen LogP contribution >= 0.6 is 15.9 Å². The van der Waals surface area contributed by atoms with Crippen LogP contribution in [0.25, 0.3) is 0 Å². The third-order valence-electron chi connectivity index (χ3n) is 3.95. The van der Waals surface area contributed by atoms with Gasteiger partial charge in [-0.05, 0) is 41.8 Å². The molecule has 26 heavy (non-hydrogen) atoms. The molecule has 3 rings (SSSR count). The van der Waals surface area contributed by atoms with E-state index in [1.807, 2.05) is 36.4 Å². The van der Waals surface area contributed by atoms with Crippen LogP contribution < -0.4 is 5.32 Å². The first-order chi connectivity index (χ1) is 12.6. The van der Waals surface area contributed by atoms with Gasteiger partial charge in [0.2, 0.25) is 5.91 Å². The van der Waals surface area contributed by atoms with Crippen LogP contribution in [-0.4, -0.2) is 15.7 Å². The summed E-state index contributed by atoms with van der Waals surface area (Å²) in [5, 5.41) is 16.0. The Bertz CT molecular complexity index is 924. The van der Waals surface area contributed by atoms with Crippen molar-refractivity contribution in [3.63, 3.8) is 0 Å². The largest absolute Gasteiger partial charge is 0.311 e. The maximum atomic E-state index is 12.2. The van der Waals surface area contributed by atoms with Crippen molar-refractivity contribution in [3.8, 4) is 6.07 Å². The summed E-state index contributed by atoms with van der Waals surface area (Å²) in [5.74, 6) is 0.615. The summed E-state index contributed by atoms with van der Waals surface area (Å²) in [6.07, 6.45) is 2.67. The summed E-state index contributed by atoms with van der Waals surface area (Å²) < 4.78 is 2.79. The quantitative estimate of drug-likeness (QED) is 0.665. The van der Waals surface area contributed by atoms with E-state index in [9.17, 15) is 4.79 Å². The van der Waals surface area contributed by atoms with Gasteiger partial charge < -0.3 is 5.32 Å². The number of hydrogen-bond acceptors (Lipinski definition) is 3. The van der Waals surface area contributed by atoms with E-state index in [0.29, 0.717) is 30.8 Å². The molecule has 0 bridgehead atoms. The predicted octanol–water partition coefficient (Wildman–Crippen LogP) is 4.14. The molecule has 0 atom stereocenters. The van der Waals surface area contributed by atoms with Gasteiger partial charge in [0, 0.05) is 17.0 Å². The molecule has 0 spiro atoms. The molecular weight excluding hydrogens is 392 g/mol. The number of nitriles is 1. The smallest absolute Gasteiger partial charge is 0.225 e. The zero-order chi connectivity index (χ0) is 18.4. The highest BCUT2D eigenvalue weighted by Crippen LogP contribution is 2.14. The number of nitrogens with one attached hydrogen (secondary N) is 1. The van der Waals surface area contributed by atoms with Crippen molar-refractivity contribution >= 4 is 27.7 Å². The first kappa shape index (κ1) is 17.9. The molecule has 1 aromatic heterocycles. The topological polar surface area (TPSA) is 70.7 Å². The van der Waals surface area contributed by atoms with Crippen LogP contribution in [0.5, 0.6) is 0 Å². The van der Waals surface area contributed by atoms with Gasteiger partial charge in [-0.15, -0.1) is 0 Å². The minimum Gasteiger partial charge on any atom is -0.311 e. The molecule has 0 unspecified atom stereocenters. The second kappa shape index (κ2) is 8.45. The number of amides is 1. The van der Waals surface area contributed by atoms with Crippen LogP contribution in [0.1, 0.15) is 23.1 Å². The van der Waals surface area contributed by atoms with Crippen LogP contribution in [0.2, 0.25) is 0 Å². The first-order valence-corrected chi connectivity index (χ1v) is 8.98. The number of aromatic nitrogens is 2. The highest BCUT2D eigenvalue weighted by molar-refractivity contribution is 9.10. The van der Waals surface area contributed by atoms with Gasteiger partial charge >= 0.3 is 0 Å². The Labute approximate surface area is 160 Å². The Morgan fingerprint density at radius 1 is 1.08 bits per heavy atom. The van der Waals surface area contributed by atoms with Crippen LogP contribution in [0.15, 0.2) is 65.3 Å². The number of aryl methyl sites for hydroxylation is 1. The summed E-state index contributed by atoms with van der Waals surface area (Å²) in [6.45, 7) is 0.589. The highest BCUT2D eigenvalue weighted by Gasteiger charge is 2.08. The Hall–Kier alpha value is -2.91. The van der Waals surface area contributed by atoms with E-state index in [1.54, 1.807) is 29.1 Å². The molecule has 2 aromatic carbocycles. The van der Waals surface area contributed by atoms with Crippen LogP contribution in [0.3, 0.4) is 0 Å². The van der Waals surface area contributed by atoms with E-state index < -0.39 is 0 Å². The lowest BCUT2D eigenvalue weighted by atomic mass is 10.1. The molecule has 1 amide bonds.